The van der Waals surface area contributed by atoms with Crippen molar-refractivity contribution in [1.29, 1.82) is 0 Å². The molecule has 1 atom stereocenters. The van der Waals surface area contributed by atoms with Gasteiger partial charge in [-0.3, -0.25) is 9.80 Å². The van der Waals surface area contributed by atoms with E-state index in [0.717, 1.165) is 31.7 Å². The SMILES string of the molecule is C/C=C(\C)CN1CC[C@]2(CCCN(Cc3ccc(F)c(F)c3)C2)C1. The Morgan fingerprint density at radius 1 is 1.12 bits per heavy atom. The van der Waals surface area contributed by atoms with Crippen LogP contribution in [-0.2, 0) is 6.54 Å². The van der Waals surface area contributed by atoms with Crippen LogP contribution in [0.25, 0.3) is 0 Å². The van der Waals surface area contributed by atoms with Crippen LogP contribution in [0.3, 0.4) is 0 Å². The largest absolute Gasteiger partial charge is 0.299 e. The molecular formula is C20H28F2N2. The summed E-state index contributed by atoms with van der Waals surface area (Å²) in [5.41, 5.74) is 2.68. The van der Waals surface area contributed by atoms with E-state index in [2.05, 4.69) is 29.7 Å². The first-order valence-electron chi connectivity index (χ1n) is 9.00. The van der Waals surface area contributed by atoms with Crippen LogP contribution in [0.5, 0.6) is 0 Å². The van der Waals surface area contributed by atoms with Gasteiger partial charge in [0, 0.05) is 26.2 Å². The third-order valence-corrected chi connectivity index (χ3v) is 5.61. The lowest BCUT2D eigenvalue weighted by atomic mass is 9.79. The molecule has 0 bridgehead atoms. The summed E-state index contributed by atoms with van der Waals surface area (Å²) in [5.74, 6) is -1.51. The highest BCUT2D eigenvalue weighted by Gasteiger charge is 2.41. The first-order chi connectivity index (χ1) is 11.5. The number of allylic oxidation sites excluding steroid dienone is 1. The second-order valence-corrected chi connectivity index (χ2v) is 7.66. The van der Waals surface area contributed by atoms with Crippen LogP contribution < -0.4 is 0 Å². The molecule has 24 heavy (non-hydrogen) atoms. The van der Waals surface area contributed by atoms with Gasteiger partial charge < -0.3 is 0 Å². The minimum Gasteiger partial charge on any atom is -0.299 e. The third kappa shape index (κ3) is 4.04. The summed E-state index contributed by atoms with van der Waals surface area (Å²) in [6, 6.07) is 4.28. The van der Waals surface area contributed by atoms with Gasteiger partial charge in [-0.05, 0) is 69.3 Å². The molecule has 0 saturated carbocycles. The Morgan fingerprint density at radius 2 is 1.92 bits per heavy atom. The van der Waals surface area contributed by atoms with Crippen molar-refractivity contribution in [3.8, 4) is 0 Å². The van der Waals surface area contributed by atoms with Crippen molar-refractivity contribution in [1.82, 2.24) is 9.80 Å². The van der Waals surface area contributed by atoms with E-state index >= 15 is 0 Å². The molecule has 4 heteroatoms. The number of likely N-dealkylation sites (tertiary alicyclic amines) is 2. The summed E-state index contributed by atoms with van der Waals surface area (Å²) in [4.78, 5) is 4.98. The quantitative estimate of drug-likeness (QED) is 0.761. The summed E-state index contributed by atoms with van der Waals surface area (Å²) in [6.07, 6.45) is 5.92. The Kier molecular flexibility index (Phi) is 5.36. The molecule has 2 aliphatic rings. The van der Waals surface area contributed by atoms with Crippen molar-refractivity contribution in [2.24, 2.45) is 5.41 Å². The number of piperidine rings is 1. The minimum absolute atomic E-state index is 0.380. The van der Waals surface area contributed by atoms with E-state index in [1.165, 1.54) is 43.5 Å². The first kappa shape index (κ1) is 17.6. The molecule has 1 spiro atoms. The Labute approximate surface area is 144 Å². The van der Waals surface area contributed by atoms with Crippen LogP contribution in [-0.4, -0.2) is 42.5 Å². The molecule has 0 aromatic heterocycles. The van der Waals surface area contributed by atoms with E-state index in [1.54, 1.807) is 6.07 Å². The molecule has 0 radical (unpaired) electrons. The third-order valence-electron chi connectivity index (χ3n) is 5.61. The van der Waals surface area contributed by atoms with Gasteiger partial charge in [0.1, 0.15) is 0 Å². The lowest BCUT2D eigenvalue weighted by molar-refractivity contribution is 0.0883. The topological polar surface area (TPSA) is 6.48 Å². The summed E-state index contributed by atoms with van der Waals surface area (Å²) in [7, 11) is 0. The molecule has 3 rings (SSSR count). The monoisotopic (exact) mass is 334 g/mol. The Morgan fingerprint density at radius 3 is 2.67 bits per heavy atom. The molecule has 0 aliphatic carbocycles. The van der Waals surface area contributed by atoms with Gasteiger partial charge in [0.15, 0.2) is 11.6 Å². The number of hydrogen-bond donors (Lipinski definition) is 0. The molecule has 2 heterocycles. The van der Waals surface area contributed by atoms with Crippen LogP contribution in [0.4, 0.5) is 8.78 Å². The highest BCUT2D eigenvalue weighted by Crippen LogP contribution is 2.39. The van der Waals surface area contributed by atoms with Crippen molar-refractivity contribution < 1.29 is 8.78 Å². The molecule has 2 saturated heterocycles. The molecule has 1 aromatic rings. The zero-order chi connectivity index (χ0) is 17.2. The van der Waals surface area contributed by atoms with Gasteiger partial charge in [0.05, 0.1) is 0 Å². The highest BCUT2D eigenvalue weighted by atomic mass is 19.2. The second kappa shape index (κ2) is 7.32. The van der Waals surface area contributed by atoms with Gasteiger partial charge in [-0.15, -0.1) is 0 Å². The van der Waals surface area contributed by atoms with E-state index in [0.29, 0.717) is 12.0 Å². The van der Waals surface area contributed by atoms with Crippen LogP contribution in [0.1, 0.15) is 38.7 Å². The van der Waals surface area contributed by atoms with Crippen molar-refractivity contribution in [2.45, 2.75) is 39.7 Å². The van der Waals surface area contributed by atoms with E-state index in [4.69, 9.17) is 0 Å². The lowest BCUT2D eigenvalue weighted by Crippen LogP contribution is -2.44. The molecule has 0 N–H and O–H groups in total. The number of nitrogens with zero attached hydrogens (tertiary/aromatic N) is 2. The van der Waals surface area contributed by atoms with E-state index in [-0.39, 0.29) is 0 Å². The normalized spacial score (nSPS) is 26.4. The fourth-order valence-electron chi connectivity index (χ4n) is 4.28. The second-order valence-electron chi connectivity index (χ2n) is 7.66. The van der Waals surface area contributed by atoms with Crippen molar-refractivity contribution >= 4 is 0 Å². The van der Waals surface area contributed by atoms with E-state index < -0.39 is 11.6 Å². The molecule has 0 unspecified atom stereocenters. The maximum Gasteiger partial charge on any atom is 0.159 e. The van der Waals surface area contributed by atoms with Crippen molar-refractivity contribution in [3.05, 3.63) is 47.0 Å². The summed E-state index contributed by atoms with van der Waals surface area (Å²) >= 11 is 0. The number of hydrogen-bond acceptors (Lipinski definition) is 2. The standard InChI is InChI=1S/C20H28F2N2/c1-3-16(2)12-24-10-8-20(15-24)7-4-9-23(14-20)13-17-5-6-18(21)19(22)11-17/h3,5-6,11H,4,7-10,12-15H2,1-2H3/b16-3+/t20-/m0/s1. The molecule has 2 nitrogen and oxygen atoms in total. The van der Waals surface area contributed by atoms with Gasteiger partial charge >= 0.3 is 0 Å². The summed E-state index contributed by atoms with van der Waals surface area (Å²) < 4.78 is 26.5. The smallest absolute Gasteiger partial charge is 0.159 e. The van der Waals surface area contributed by atoms with Crippen LogP contribution in [0.15, 0.2) is 29.8 Å². The molecule has 0 amide bonds. The van der Waals surface area contributed by atoms with Crippen LogP contribution >= 0.6 is 0 Å². The number of rotatable bonds is 4. The van der Waals surface area contributed by atoms with Crippen LogP contribution in [0, 0.1) is 17.0 Å². The van der Waals surface area contributed by atoms with E-state index in [1.807, 2.05) is 0 Å². The van der Waals surface area contributed by atoms with Gasteiger partial charge in [-0.2, -0.15) is 0 Å². The van der Waals surface area contributed by atoms with E-state index in [9.17, 15) is 8.78 Å². The Balaban J connectivity index is 1.61. The predicted molar refractivity (Wildman–Crippen MR) is 93.8 cm³/mol. The molecule has 2 fully saturated rings. The van der Waals surface area contributed by atoms with Crippen molar-refractivity contribution in [3.63, 3.8) is 0 Å². The average molecular weight is 334 g/mol. The van der Waals surface area contributed by atoms with Crippen molar-refractivity contribution in [2.75, 3.05) is 32.7 Å². The average Bonchev–Trinajstić information content (AvgIpc) is 2.93. The maximum atomic E-state index is 13.4. The molecule has 132 valence electrons. The zero-order valence-corrected chi connectivity index (χ0v) is 14.8. The van der Waals surface area contributed by atoms with Crippen LogP contribution in [0.2, 0.25) is 0 Å². The predicted octanol–water partition coefficient (Wildman–Crippen LogP) is 4.22. The Bertz CT molecular complexity index is 614. The maximum absolute atomic E-state index is 13.4. The Hall–Kier alpha value is -1.26. The first-order valence-corrected chi connectivity index (χ1v) is 9.00. The molecular weight excluding hydrogens is 306 g/mol. The summed E-state index contributed by atoms with van der Waals surface area (Å²) in [5, 5.41) is 0. The molecule has 1 aromatic carbocycles. The van der Waals surface area contributed by atoms with Gasteiger partial charge in [-0.1, -0.05) is 17.7 Å². The summed E-state index contributed by atoms with van der Waals surface area (Å²) in [6.45, 7) is 10.5. The van der Waals surface area contributed by atoms with Gasteiger partial charge in [0.25, 0.3) is 0 Å². The fourth-order valence-corrected chi connectivity index (χ4v) is 4.28. The lowest BCUT2D eigenvalue weighted by Gasteiger charge is -2.40. The highest BCUT2D eigenvalue weighted by molar-refractivity contribution is 5.18. The minimum atomic E-state index is -0.764. The number of halogens is 2. The molecule has 2 aliphatic heterocycles. The zero-order valence-electron chi connectivity index (χ0n) is 14.8. The van der Waals surface area contributed by atoms with Gasteiger partial charge in [-0.25, -0.2) is 8.78 Å². The fraction of sp³-hybridized carbons (Fsp3) is 0.600. The van der Waals surface area contributed by atoms with Gasteiger partial charge in [0.2, 0.25) is 0 Å². The number of benzene rings is 1.